The van der Waals surface area contributed by atoms with Crippen molar-refractivity contribution in [2.75, 3.05) is 26.7 Å². The molecule has 0 spiro atoms. The highest BCUT2D eigenvalue weighted by Gasteiger charge is 2.15. The van der Waals surface area contributed by atoms with Crippen molar-refractivity contribution in [2.45, 2.75) is 39.2 Å². The van der Waals surface area contributed by atoms with E-state index in [2.05, 4.69) is 20.9 Å². The van der Waals surface area contributed by atoms with Gasteiger partial charge in [0.05, 0.1) is 6.26 Å². The van der Waals surface area contributed by atoms with Crippen LogP contribution in [0.3, 0.4) is 0 Å². The number of nitrogens with zero attached hydrogens (tertiary/aromatic N) is 1. The van der Waals surface area contributed by atoms with Crippen LogP contribution in [-0.4, -0.2) is 44.3 Å². The SMILES string of the molecule is CN=C(NCCCNC(=O)OC(C)(C)C)NCCc1ccco1. The van der Waals surface area contributed by atoms with Crippen molar-refractivity contribution >= 4 is 12.1 Å². The number of rotatable bonds is 7. The second kappa shape index (κ2) is 9.76. The summed E-state index contributed by atoms with van der Waals surface area (Å²) in [5, 5.41) is 9.11. The summed E-state index contributed by atoms with van der Waals surface area (Å²) in [5.41, 5.74) is -0.470. The Kier molecular flexibility index (Phi) is 8.01. The molecule has 0 aliphatic carbocycles. The molecule has 3 N–H and O–H groups in total. The zero-order chi connectivity index (χ0) is 17.1. The lowest BCUT2D eigenvalue weighted by molar-refractivity contribution is 0.0527. The molecule has 1 heterocycles. The minimum absolute atomic E-state index is 0.390. The van der Waals surface area contributed by atoms with Gasteiger partial charge in [0.15, 0.2) is 5.96 Å². The molecule has 7 heteroatoms. The third-order valence-electron chi connectivity index (χ3n) is 2.78. The quantitative estimate of drug-likeness (QED) is 0.405. The van der Waals surface area contributed by atoms with Gasteiger partial charge in [-0.25, -0.2) is 4.79 Å². The first-order valence-corrected chi connectivity index (χ1v) is 7.84. The van der Waals surface area contributed by atoms with Gasteiger partial charge in [-0.1, -0.05) is 0 Å². The second-order valence-corrected chi connectivity index (χ2v) is 6.04. The zero-order valence-corrected chi connectivity index (χ0v) is 14.4. The molecule has 0 radical (unpaired) electrons. The Bertz CT molecular complexity index is 478. The summed E-state index contributed by atoms with van der Waals surface area (Å²) in [6, 6.07) is 3.82. The molecule has 0 saturated carbocycles. The monoisotopic (exact) mass is 324 g/mol. The van der Waals surface area contributed by atoms with Gasteiger partial charge in [-0.2, -0.15) is 0 Å². The highest BCUT2D eigenvalue weighted by atomic mass is 16.6. The van der Waals surface area contributed by atoms with Crippen molar-refractivity contribution in [3.63, 3.8) is 0 Å². The maximum atomic E-state index is 11.5. The Balaban J connectivity index is 2.07. The van der Waals surface area contributed by atoms with Crippen molar-refractivity contribution in [3.05, 3.63) is 24.2 Å². The number of ether oxygens (including phenoxy) is 1. The number of aliphatic imine (C=N–C) groups is 1. The Labute approximate surface area is 137 Å². The molecule has 1 rings (SSSR count). The number of amides is 1. The molecule has 1 aromatic rings. The topological polar surface area (TPSA) is 87.9 Å². The Morgan fingerprint density at radius 2 is 1.91 bits per heavy atom. The highest BCUT2D eigenvalue weighted by Crippen LogP contribution is 2.06. The van der Waals surface area contributed by atoms with Crippen LogP contribution < -0.4 is 16.0 Å². The van der Waals surface area contributed by atoms with Crippen molar-refractivity contribution in [3.8, 4) is 0 Å². The van der Waals surface area contributed by atoms with Gasteiger partial charge in [0.25, 0.3) is 0 Å². The van der Waals surface area contributed by atoms with Crippen molar-refractivity contribution < 1.29 is 13.9 Å². The van der Waals surface area contributed by atoms with E-state index in [0.717, 1.165) is 31.1 Å². The summed E-state index contributed by atoms with van der Waals surface area (Å²) in [5.74, 6) is 1.67. The smallest absolute Gasteiger partial charge is 0.407 e. The summed E-state index contributed by atoms with van der Waals surface area (Å²) in [7, 11) is 1.72. The van der Waals surface area contributed by atoms with Crippen LogP contribution in [0.5, 0.6) is 0 Å². The van der Waals surface area contributed by atoms with E-state index in [0.29, 0.717) is 13.1 Å². The molecule has 1 amide bonds. The van der Waals surface area contributed by atoms with Crippen LogP contribution in [0, 0.1) is 0 Å². The van der Waals surface area contributed by atoms with E-state index < -0.39 is 11.7 Å². The van der Waals surface area contributed by atoms with E-state index in [4.69, 9.17) is 9.15 Å². The van der Waals surface area contributed by atoms with Gasteiger partial charge in [-0.3, -0.25) is 4.99 Å². The first-order valence-electron chi connectivity index (χ1n) is 7.84. The molecular formula is C16H28N4O3. The largest absolute Gasteiger partial charge is 0.469 e. The summed E-state index contributed by atoms with van der Waals surface area (Å²) in [6.45, 7) is 7.51. The maximum Gasteiger partial charge on any atom is 0.407 e. The average Bonchev–Trinajstić information content (AvgIpc) is 2.96. The molecule has 0 saturated heterocycles. The lowest BCUT2D eigenvalue weighted by Gasteiger charge is -2.19. The normalized spacial score (nSPS) is 11.9. The van der Waals surface area contributed by atoms with E-state index >= 15 is 0 Å². The lowest BCUT2D eigenvalue weighted by Crippen LogP contribution is -2.40. The summed E-state index contributed by atoms with van der Waals surface area (Å²) in [4.78, 5) is 15.6. The van der Waals surface area contributed by atoms with Gasteiger partial charge >= 0.3 is 6.09 Å². The molecule has 0 aliphatic heterocycles. The number of alkyl carbamates (subject to hydrolysis) is 1. The molecule has 0 atom stereocenters. The summed E-state index contributed by atoms with van der Waals surface area (Å²) < 4.78 is 10.4. The fraction of sp³-hybridized carbons (Fsp3) is 0.625. The van der Waals surface area contributed by atoms with E-state index in [1.54, 1.807) is 13.3 Å². The number of hydrogen-bond acceptors (Lipinski definition) is 4. The van der Waals surface area contributed by atoms with Gasteiger partial charge in [-0.05, 0) is 39.3 Å². The third-order valence-corrected chi connectivity index (χ3v) is 2.78. The Hall–Kier alpha value is -2.18. The van der Waals surface area contributed by atoms with Crippen LogP contribution in [0.25, 0.3) is 0 Å². The molecule has 0 aromatic carbocycles. The first kappa shape index (κ1) is 18.9. The number of carbonyl (C=O) groups is 1. The van der Waals surface area contributed by atoms with Crippen molar-refractivity contribution in [2.24, 2.45) is 4.99 Å². The predicted octanol–water partition coefficient (Wildman–Crippen LogP) is 1.90. The van der Waals surface area contributed by atoms with Gasteiger partial charge in [0, 0.05) is 33.1 Å². The van der Waals surface area contributed by atoms with E-state index in [-0.39, 0.29) is 0 Å². The van der Waals surface area contributed by atoms with Crippen LogP contribution in [-0.2, 0) is 11.2 Å². The van der Waals surface area contributed by atoms with E-state index in [1.807, 2.05) is 32.9 Å². The predicted molar refractivity (Wildman–Crippen MR) is 90.6 cm³/mol. The molecule has 130 valence electrons. The number of furan rings is 1. The Morgan fingerprint density at radius 3 is 2.52 bits per heavy atom. The van der Waals surface area contributed by atoms with Gasteiger partial charge in [0.1, 0.15) is 11.4 Å². The van der Waals surface area contributed by atoms with Crippen LogP contribution in [0.1, 0.15) is 33.0 Å². The zero-order valence-electron chi connectivity index (χ0n) is 14.4. The third kappa shape index (κ3) is 9.44. The standard InChI is InChI=1S/C16H28N4O3/c1-16(2,3)23-15(21)20-10-6-9-18-14(17-4)19-11-8-13-7-5-12-22-13/h5,7,12H,6,8-11H2,1-4H3,(H,20,21)(H2,17,18,19). The molecule has 7 nitrogen and oxygen atoms in total. The van der Waals surface area contributed by atoms with Crippen LogP contribution in [0.15, 0.2) is 27.8 Å². The minimum Gasteiger partial charge on any atom is -0.469 e. The lowest BCUT2D eigenvalue weighted by atomic mass is 10.2. The molecule has 0 unspecified atom stereocenters. The molecule has 23 heavy (non-hydrogen) atoms. The highest BCUT2D eigenvalue weighted by molar-refractivity contribution is 5.79. The number of guanidine groups is 1. The molecule has 0 fully saturated rings. The molecule has 0 bridgehead atoms. The van der Waals surface area contributed by atoms with E-state index in [1.165, 1.54) is 0 Å². The number of carbonyl (C=O) groups excluding carboxylic acids is 1. The van der Waals surface area contributed by atoms with Crippen molar-refractivity contribution in [1.82, 2.24) is 16.0 Å². The second-order valence-electron chi connectivity index (χ2n) is 6.04. The Morgan fingerprint density at radius 1 is 1.22 bits per heavy atom. The fourth-order valence-corrected chi connectivity index (χ4v) is 1.78. The van der Waals surface area contributed by atoms with Crippen LogP contribution in [0.2, 0.25) is 0 Å². The van der Waals surface area contributed by atoms with Crippen LogP contribution in [0.4, 0.5) is 4.79 Å². The number of hydrogen-bond donors (Lipinski definition) is 3. The average molecular weight is 324 g/mol. The van der Waals surface area contributed by atoms with Gasteiger partial charge < -0.3 is 25.1 Å². The van der Waals surface area contributed by atoms with Crippen LogP contribution >= 0.6 is 0 Å². The molecular weight excluding hydrogens is 296 g/mol. The van der Waals surface area contributed by atoms with E-state index in [9.17, 15) is 4.79 Å². The molecule has 1 aromatic heterocycles. The minimum atomic E-state index is -0.470. The first-order chi connectivity index (χ1) is 10.9. The van der Waals surface area contributed by atoms with Gasteiger partial charge in [-0.15, -0.1) is 0 Å². The number of nitrogens with one attached hydrogen (secondary N) is 3. The fourth-order valence-electron chi connectivity index (χ4n) is 1.78. The maximum absolute atomic E-state index is 11.5. The summed E-state index contributed by atoms with van der Waals surface area (Å²) in [6.07, 6.45) is 2.85. The van der Waals surface area contributed by atoms with Crippen molar-refractivity contribution in [1.29, 1.82) is 0 Å². The molecule has 0 aliphatic rings. The van der Waals surface area contributed by atoms with Gasteiger partial charge in [0.2, 0.25) is 0 Å². The summed E-state index contributed by atoms with van der Waals surface area (Å²) >= 11 is 0.